The average molecular weight is 164 g/mol. The lowest BCUT2D eigenvalue weighted by Gasteiger charge is -2.28. The van der Waals surface area contributed by atoms with Crippen molar-refractivity contribution in [2.75, 3.05) is 0 Å². The normalized spacial score (nSPS) is 31.6. The van der Waals surface area contributed by atoms with Crippen molar-refractivity contribution in [3.8, 4) is 12.3 Å². The fourth-order valence-electron chi connectivity index (χ4n) is 2.32. The molecule has 1 aliphatic carbocycles. The molecular weight excluding hydrogens is 148 g/mol. The van der Waals surface area contributed by atoms with E-state index in [-0.39, 0.29) is 16.7 Å². The molecule has 0 aromatic carbocycles. The van der Waals surface area contributed by atoms with Crippen LogP contribution in [-0.2, 0) is 4.79 Å². The van der Waals surface area contributed by atoms with Crippen molar-refractivity contribution in [3.63, 3.8) is 0 Å². The zero-order valence-corrected chi connectivity index (χ0v) is 8.27. The standard InChI is InChI=1S/C11H16O/c1-6-8-10(2,3)7-9(12)11(8,4)5/h1,8H,7H2,2-5H3. The number of carbonyl (C=O) groups is 1. The van der Waals surface area contributed by atoms with Crippen LogP contribution in [0.3, 0.4) is 0 Å². The molecule has 0 aliphatic heterocycles. The molecule has 1 aliphatic rings. The summed E-state index contributed by atoms with van der Waals surface area (Å²) in [5.74, 6) is 3.14. The lowest BCUT2D eigenvalue weighted by molar-refractivity contribution is -0.124. The SMILES string of the molecule is C#CC1C(C)(C)CC(=O)C1(C)C. The van der Waals surface area contributed by atoms with Gasteiger partial charge in [0.05, 0.1) is 0 Å². The van der Waals surface area contributed by atoms with Crippen molar-refractivity contribution in [1.82, 2.24) is 0 Å². The Morgan fingerprint density at radius 1 is 1.42 bits per heavy atom. The number of terminal acetylenes is 1. The Labute approximate surface area is 74.5 Å². The second-order valence-corrected chi connectivity index (χ2v) is 4.91. The molecule has 0 heterocycles. The summed E-state index contributed by atoms with van der Waals surface area (Å²) >= 11 is 0. The summed E-state index contributed by atoms with van der Waals surface area (Å²) in [7, 11) is 0. The molecule has 1 unspecified atom stereocenters. The molecule has 0 aromatic rings. The highest BCUT2D eigenvalue weighted by atomic mass is 16.1. The van der Waals surface area contributed by atoms with E-state index in [9.17, 15) is 4.79 Å². The number of carbonyl (C=O) groups excluding carboxylic acids is 1. The van der Waals surface area contributed by atoms with Crippen molar-refractivity contribution in [3.05, 3.63) is 0 Å². The van der Waals surface area contributed by atoms with Crippen LogP contribution in [0, 0.1) is 29.1 Å². The van der Waals surface area contributed by atoms with Crippen LogP contribution in [-0.4, -0.2) is 5.78 Å². The van der Waals surface area contributed by atoms with Gasteiger partial charge in [0, 0.05) is 17.8 Å². The Bertz CT molecular complexity index is 253. The van der Waals surface area contributed by atoms with E-state index in [1.807, 2.05) is 13.8 Å². The maximum Gasteiger partial charge on any atom is 0.140 e. The Hall–Kier alpha value is -0.770. The maximum absolute atomic E-state index is 11.6. The number of hydrogen-bond acceptors (Lipinski definition) is 1. The molecule has 1 saturated carbocycles. The number of ketones is 1. The first kappa shape index (κ1) is 9.32. The van der Waals surface area contributed by atoms with Crippen LogP contribution < -0.4 is 0 Å². The third kappa shape index (κ3) is 1.06. The first-order valence-corrected chi connectivity index (χ1v) is 4.32. The molecule has 0 saturated heterocycles. The molecule has 1 heteroatoms. The minimum absolute atomic E-state index is 0.0185. The highest BCUT2D eigenvalue weighted by Gasteiger charge is 2.51. The van der Waals surface area contributed by atoms with E-state index in [0.717, 1.165) is 0 Å². The summed E-state index contributed by atoms with van der Waals surface area (Å²) in [6.07, 6.45) is 6.06. The van der Waals surface area contributed by atoms with Gasteiger partial charge in [-0.25, -0.2) is 0 Å². The minimum Gasteiger partial charge on any atom is -0.299 e. The van der Waals surface area contributed by atoms with Gasteiger partial charge in [0.15, 0.2) is 0 Å². The van der Waals surface area contributed by atoms with Crippen LogP contribution in [0.2, 0.25) is 0 Å². The molecule has 1 rings (SSSR count). The largest absolute Gasteiger partial charge is 0.299 e. The van der Waals surface area contributed by atoms with Crippen LogP contribution in [0.25, 0.3) is 0 Å². The molecule has 0 amide bonds. The fourth-order valence-corrected chi connectivity index (χ4v) is 2.32. The molecular formula is C11H16O. The van der Waals surface area contributed by atoms with Gasteiger partial charge in [0.25, 0.3) is 0 Å². The van der Waals surface area contributed by atoms with Gasteiger partial charge in [-0.15, -0.1) is 12.3 Å². The number of rotatable bonds is 0. The van der Waals surface area contributed by atoms with E-state index in [2.05, 4.69) is 19.8 Å². The van der Waals surface area contributed by atoms with Crippen LogP contribution in [0.5, 0.6) is 0 Å². The highest BCUT2D eigenvalue weighted by molar-refractivity contribution is 5.88. The van der Waals surface area contributed by atoms with Crippen LogP contribution in [0.4, 0.5) is 0 Å². The van der Waals surface area contributed by atoms with E-state index in [1.54, 1.807) is 0 Å². The van der Waals surface area contributed by atoms with Gasteiger partial charge in [-0.2, -0.15) is 0 Å². The van der Waals surface area contributed by atoms with Crippen molar-refractivity contribution in [2.24, 2.45) is 16.7 Å². The zero-order chi connectivity index (χ0) is 9.57. The van der Waals surface area contributed by atoms with Crippen molar-refractivity contribution in [2.45, 2.75) is 34.1 Å². The van der Waals surface area contributed by atoms with Crippen molar-refractivity contribution < 1.29 is 4.79 Å². The smallest absolute Gasteiger partial charge is 0.140 e. The number of Topliss-reactive ketones (excluding diaryl/α,β-unsaturated/α-hetero) is 1. The quantitative estimate of drug-likeness (QED) is 0.502. The fraction of sp³-hybridized carbons (Fsp3) is 0.727. The number of hydrogen-bond donors (Lipinski definition) is 0. The summed E-state index contributed by atoms with van der Waals surface area (Å²) in [5.41, 5.74) is -0.340. The molecule has 0 bridgehead atoms. The predicted molar refractivity (Wildman–Crippen MR) is 49.5 cm³/mol. The Morgan fingerprint density at radius 2 is 1.92 bits per heavy atom. The second-order valence-electron chi connectivity index (χ2n) is 4.91. The molecule has 1 fully saturated rings. The molecule has 0 spiro atoms. The van der Waals surface area contributed by atoms with Gasteiger partial charge in [-0.05, 0) is 5.41 Å². The van der Waals surface area contributed by atoms with Crippen LogP contribution in [0.1, 0.15) is 34.1 Å². The lowest BCUT2D eigenvalue weighted by Crippen LogP contribution is -2.28. The summed E-state index contributed by atoms with van der Waals surface area (Å²) in [4.78, 5) is 11.6. The van der Waals surface area contributed by atoms with Gasteiger partial charge < -0.3 is 0 Å². The van der Waals surface area contributed by atoms with Gasteiger partial charge in [0.2, 0.25) is 0 Å². The van der Waals surface area contributed by atoms with Crippen LogP contribution in [0.15, 0.2) is 0 Å². The monoisotopic (exact) mass is 164 g/mol. The minimum atomic E-state index is -0.321. The molecule has 0 N–H and O–H groups in total. The maximum atomic E-state index is 11.6. The first-order valence-electron chi connectivity index (χ1n) is 4.32. The van der Waals surface area contributed by atoms with E-state index in [4.69, 9.17) is 6.42 Å². The topological polar surface area (TPSA) is 17.1 Å². The summed E-state index contributed by atoms with van der Waals surface area (Å²) in [6, 6.07) is 0. The summed E-state index contributed by atoms with van der Waals surface area (Å²) in [5, 5.41) is 0. The molecule has 0 radical (unpaired) electrons. The molecule has 0 aromatic heterocycles. The molecule has 1 nitrogen and oxygen atoms in total. The average Bonchev–Trinajstić information content (AvgIpc) is 1.99. The lowest BCUT2D eigenvalue weighted by atomic mass is 9.73. The van der Waals surface area contributed by atoms with E-state index >= 15 is 0 Å². The summed E-state index contributed by atoms with van der Waals surface area (Å²) in [6.45, 7) is 8.05. The highest BCUT2D eigenvalue weighted by Crippen LogP contribution is 2.50. The van der Waals surface area contributed by atoms with Gasteiger partial charge >= 0.3 is 0 Å². The first-order chi connectivity index (χ1) is 5.32. The third-order valence-corrected chi connectivity index (χ3v) is 3.00. The Balaban J connectivity index is 3.10. The molecule has 66 valence electrons. The van der Waals surface area contributed by atoms with E-state index in [1.165, 1.54) is 0 Å². The van der Waals surface area contributed by atoms with Gasteiger partial charge in [-0.1, -0.05) is 27.7 Å². The molecule has 12 heavy (non-hydrogen) atoms. The zero-order valence-electron chi connectivity index (χ0n) is 8.27. The van der Waals surface area contributed by atoms with Crippen molar-refractivity contribution in [1.29, 1.82) is 0 Å². The Morgan fingerprint density at radius 3 is 2.08 bits per heavy atom. The van der Waals surface area contributed by atoms with Crippen LogP contribution >= 0.6 is 0 Å². The second kappa shape index (κ2) is 2.36. The van der Waals surface area contributed by atoms with Gasteiger partial charge in [0.1, 0.15) is 5.78 Å². The Kier molecular flexibility index (Phi) is 1.83. The third-order valence-electron chi connectivity index (χ3n) is 3.00. The van der Waals surface area contributed by atoms with E-state index < -0.39 is 0 Å². The van der Waals surface area contributed by atoms with Crippen molar-refractivity contribution >= 4 is 5.78 Å². The van der Waals surface area contributed by atoms with E-state index in [0.29, 0.717) is 12.2 Å². The summed E-state index contributed by atoms with van der Waals surface area (Å²) < 4.78 is 0. The van der Waals surface area contributed by atoms with Gasteiger partial charge in [-0.3, -0.25) is 4.79 Å². The predicted octanol–water partition coefficient (Wildman–Crippen LogP) is 2.26. The molecule has 1 atom stereocenters.